The van der Waals surface area contributed by atoms with Gasteiger partial charge in [-0.15, -0.1) is 0 Å². The summed E-state index contributed by atoms with van der Waals surface area (Å²) in [5.74, 6) is 0. The summed E-state index contributed by atoms with van der Waals surface area (Å²) < 4.78 is 6.42. The van der Waals surface area contributed by atoms with Crippen molar-refractivity contribution in [2.45, 2.75) is 77.8 Å². The third-order valence-corrected chi connectivity index (χ3v) is 13.2. The van der Waals surface area contributed by atoms with E-state index in [1.165, 1.54) is 10.8 Å². The molecule has 19 heavy (non-hydrogen) atoms. The van der Waals surface area contributed by atoms with Crippen molar-refractivity contribution in [2.24, 2.45) is 0 Å². The largest absolute Gasteiger partial charge is 0.476 e. The van der Waals surface area contributed by atoms with Crippen LogP contribution < -0.4 is 10.8 Å². The molecule has 0 bridgehead atoms. The molecule has 1 heterocycles. The Bertz CT molecular complexity index is 389. The van der Waals surface area contributed by atoms with E-state index in [4.69, 9.17) is 4.42 Å². The molecule has 0 aliphatic rings. The van der Waals surface area contributed by atoms with Crippen molar-refractivity contribution in [3.05, 3.63) is 12.1 Å². The Morgan fingerprint density at radius 1 is 0.737 bits per heavy atom. The summed E-state index contributed by atoms with van der Waals surface area (Å²) in [4.78, 5) is 0. The Morgan fingerprint density at radius 3 is 1.37 bits per heavy atom. The summed E-state index contributed by atoms with van der Waals surface area (Å²) in [6.45, 7) is 21.4. The minimum absolute atomic E-state index is 0.716. The predicted octanol–water partition coefficient (Wildman–Crippen LogP) is 4.71. The standard InChI is InChI=1S/C16H32OSi2/c1-12(2)19(13(3)4,14(5)6)16-11-10-15(17-16)18(7,8)9/h10-14H,1-9H3. The van der Waals surface area contributed by atoms with Crippen molar-refractivity contribution >= 4 is 26.9 Å². The molecule has 3 heteroatoms. The van der Waals surface area contributed by atoms with Crippen molar-refractivity contribution < 1.29 is 4.42 Å². The molecule has 0 spiro atoms. The van der Waals surface area contributed by atoms with Crippen molar-refractivity contribution in [3.8, 4) is 0 Å². The predicted molar refractivity (Wildman–Crippen MR) is 92.4 cm³/mol. The first-order valence-electron chi connectivity index (χ1n) is 7.65. The van der Waals surface area contributed by atoms with E-state index in [0.717, 1.165) is 0 Å². The lowest BCUT2D eigenvalue weighted by molar-refractivity contribution is 0.616. The average molecular weight is 297 g/mol. The van der Waals surface area contributed by atoms with Crippen LogP contribution in [0.15, 0.2) is 16.5 Å². The molecule has 0 aliphatic heterocycles. The van der Waals surface area contributed by atoms with Crippen molar-refractivity contribution in [1.29, 1.82) is 0 Å². The highest BCUT2D eigenvalue weighted by molar-refractivity contribution is 6.94. The van der Waals surface area contributed by atoms with Gasteiger partial charge >= 0.3 is 0 Å². The minimum Gasteiger partial charge on any atom is -0.476 e. The Balaban J connectivity index is 3.38. The maximum atomic E-state index is 6.42. The fourth-order valence-corrected chi connectivity index (χ4v) is 11.3. The summed E-state index contributed by atoms with van der Waals surface area (Å²) in [7, 11) is -2.95. The van der Waals surface area contributed by atoms with E-state index in [9.17, 15) is 0 Å². The van der Waals surface area contributed by atoms with E-state index in [1.54, 1.807) is 0 Å². The molecule has 1 nitrogen and oxygen atoms in total. The molecule has 0 saturated carbocycles. The topological polar surface area (TPSA) is 13.1 Å². The van der Waals surface area contributed by atoms with Crippen LogP contribution >= 0.6 is 0 Å². The van der Waals surface area contributed by atoms with Gasteiger partial charge in [-0.05, 0) is 28.8 Å². The maximum Gasteiger partial charge on any atom is 0.139 e. The molecule has 0 amide bonds. The van der Waals surface area contributed by atoms with Crippen molar-refractivity contribution in [3.63, 3.8) is 0 Å². The normalized spacial score (nSPS) is 13.9. The van der Waals surface area contributed by atoms with Crippen LogP contribution in [-0.2, 0) is 0 Å². The fraction of sp³-hybridized carbons (Fsp3) is 0.750. The van der Waals surface area contributed by atoms with E-state index in [0.29, 0.717) is 16.6 Å². The van der Waals surface area contributed by atoms with Gasteiger partial charge in [0.05, 0.1) is 10.8 Å². The van der Waals surface area contributed by atoms with Crippen LogP contribution in [-0.4, -0.2) is 16.1 Å². The zero-order chi connectivity index (χ0) is 15.0. The smallest absolute Gasteiger partial charge is 0.139 e. The molecular formula is C16H32OSi2. The fourth-order valence-electron chi connectivity index (χ4n) is 3.83. The quantitative estimate of drug-likeness (QED) is 0.717. The first-order chi connectivity index (χ1) is 8.54. The summed E-state index contributed by atoms with van der Waals surface area (Å²) in [5, 5.41) is 2.60. The van der Waals surface area contributed by atoms with E-state index in [1.807, 2.05) is 0 Å². The van der Waals surface area contributed by atoms with Crippen LogP contribution in [0, 0.1) is 0 Å². The summed E-state index contributed by atoms with van der Waals surface area (Å²) in [6.07, 6.45) is 0. The van der Waals surface area contributed by atoms with Gasteiger partial charge < -0.3 is 4.42 Å². The molecular weight excluding hydrogens is 264 g/mol. The number of furan rings is 1. The summed E-state index contributed by atoms with van der Waals surface area (Å²) in [5.41, 5.74) is 2.15. The van der Waals surface area contributed by atoms with Crippen LogP contribution in [0.3, 0.4) is 0 Å². The van der Waals surface area contributed by atoms with E-state index < -0.39 is 16.1 Å². The van der Waals surface area contributed by atoms with Gasteiger partial charge in [-0.3, -0.25) is 0 Å². The number of rotatable bonds is 5. The summed E-state index contributed by atoms with van der Waals surface area (Å²) >= 11 is 0. The number of hydrogen-bond donors (Lipinski definition) is 0. The second-order valence-electron chi connectivity index (χ2n) is 7.81. The molecule has 0 radical (unpaired) electrons. The first kappa shape index (κ1) is 16.8. The Hall–Kier alpha value is -0.286. The molecule has 0 unspecified atom stereocenters. The third-order valence-electron chi connectivity index (χ3n) is 4.64. The second-order valence-corrected chi connectivity index (χ2v) is 18.6. The lowest BCUT2D eigenvalue weighted by atomic mass is 10.5. The van der Waals surface area contributed by atoms with Crippen LogP contribution in [0.25, 0.3) is 0 Å². The average Bonchev–Trinajstić information content (AvgIpc) is 2.65. The van der Waals surface area contributed by atoms with Crippen molar-refractivity contribution in [1.82, 2.24) is 0 Å². The highest BCUT2D eigenvalue weighted by Crippen LogP contribution is 2.40. The molecule has 0 N–H and O–H groups in total. The third kappa shape index (κ3) is 2.92. The molecule has 0 saturated heterocycles. The van der Waals surface area contributed by atoms with E-state index in [2.05, 4.69) is 73.3 Å². The molecule has 0 fully saturated rings. The van der Waals surface area contributed by atoms with Crippen LogP contribution in [0.2, 0.25) is 36.3 Å². The second kappa shape index (κ2) is 5.60. The Morgan fingerprint density at radius 2 is 1.11 bits per heavy atom. The lowest BCUT2D eigenvalue weighted by Gasteiger charge is -2.41. The van der Waals surface area contributed by atoms with Gasteiger partial charge in [0.15, 0.2) is 0 Å². The van der Waals surface area contributed by atoms with Gasteiger partial charge in [-0.25, -0.2) is 0 Å². The van der Waals surface area contributed by atoms with Gasteiger partial charge in [0, 0.05) is 0 Å². The molecule has 1 aromatic rings. The van der Waals surface area contributed by atoms with E-state index >= 15 is 0 Å². The SMILES string of the molecule is CC(C)[Si](c1ccc([Si](C)(C)C)o1)(C(C)C)C(C)C. The molecule has 0 aromatic carbocycles. The molecule has 0 atom stereocenters. The molecule has 1 rings (SSSR count). The van der Waals surface area contributed by atoms with Gasteiger partial charge in [0.25, 0.3) is 0 Å². The highest BCUT2D eigenvalue weighted by Gasteiger charge is 2.47. The highest BCUT2D eigenvalue weighted by atomic mass is 28.3. The number of hydrogen-bond acceptors (Lipinski definition) is 1. The van der Waals surface area contributed by atoms with E-state index in [-0.39, 0.29) is 0 Å². The Labute approximate surface area is 121 Å². The molecule has 110 valence electrons. The zero-order valence-corrected chi connectivity index (χ0v) is 16.3. The van der Waals surface area contributed by atoms with Gasteiger partial charge in [-0.2, -0.15) is 0 Å². The summed E-state index contributed by atoms with van der Waals surface area (Å²) in [6, 6.07) is 4.57. The molecule has 1 aromatic heterocycles. The maximum absolute atomic E-state index is 6.42. The monoisotopic (exact) mass is 296 g/mol. The zero-order valence-electron chi connectivity index (χ0n) is 14.3. The Kier molecular flexibility index (Phi) is 4.95. The van der Waals surface area contributed by atoms with Gasteiger partial charge in [0.1, 0.15) is 16.1 Å². The van der Waals surface area contributed by atoms with Crippen LogP contribution in [0.4, 0.5) is 0 Å². The minimum atomic E-state index is -1.61. The van der Waals surface area contributed by atoms with Gasteiger partial charge in [-0.1, -0.05) is 61.2 Å². The molecule has 0 aliphatic carbocycles. The van der Waals surface area contributed by atoms with Gasteiger partial charge in [0.2, 0.25) is 0 Å². The lowest BCUT2D eigenvalue weighted by Crippen LogP contribution is -2.55. The van der Waals surface area contributed by atoms with Crippen LogP contribution in [0.1, 0.15) is 41.5 Å². The first-order valence-corrected chi connectivity index (χ1v) is 13.4. The van der Waals surface area contributed by atoms with Crippen LogP contribution in [0.5, 0.6) is 0 Å². The van der Waals surface area contributed by atoms with Crippen molar-refractivity contribution in [2.75, 3.05) is 0 Å².